The molecule has 0 saturated carbocycles. The Hall–Kier alpha value is -1.42. The van der Waals surface area contributed by atoms with Crippen LogP contribution < -0.4 is 10.2 Å². The summed E-state index contributed by atoms with van der Waals surface area (Å²) in [5, 5.41) is 3.49. The van der Waals surface area contributed by atoms with Crippen LogP contribution in [-0.4, -0.2) is 36.1 Å². The average molecular weight is 284 g/mol. The van der Waals surface area contributed by atoms with E-state index in [0.29, 0.717) is 0 Å². The molecule has 2 aliphatic heterocycles. The molecule has 112 valence electrons. The molecular formula is C17H24N4. The van der Waals surface area contributed by atoms with Gasteiger partial charge in [0.1, 0.15) is 11.6 Å². The highest BCUT2D eigenvalue weighted by Gasteiger charge is 2.34. The van der Waals surface area contributed by atoms with Crippen LogP contribution in [0.4, 0.5) is 5.82 Å². The predicted octanol–water partition coefficient (Wildman–Crippen LogP) is 1.88. The number of rotatable bonds is 1. The molecule has 0 radical (unpaired) electrons. The maximum absolute atomic E-state index is 4.83. The molecule has 1 aromatic heterocycles. The van der Waals surface area contributed by atoms with Crippen LogP contribution in [-0.2, 0) is 12.8 Å². The van der Waals surface area contributed by atoms with Crippen molar-refractivity contribution in [2.45, 2.75) is 32.6 Å². The van der Waals surface area contributed by atoms with Gasteiger partial charge in [0.05, 0.1) is 5.69 Å². The minimum absolute atomic E-state index is 0.824. The van der Waals surface area contributed by atoms with Gasteiger partial charge < -0.3 is 10.2 Å². The van der Waals surface area contributed by atoms with Crippen LogP contribution >= 0.6 is 0 Å². The Morgan fingerprint density at radius 3 is 2.52 bits per heavy atom. The van der Waals surface area contributed by atoms with Crippen molar-refractivity contribution >= 4 is 5.82 Å². The highest BCUT2D eigenvalue weighted by molar-refractivity contribution is 5.51. The third kappa shape index (κ3) is 2.46. The molecule has 0 amide bonds. The van der Waals surface area contributed by atoms with Crippen LogP contribution in [0.25, 0.3) is 0 Å². The lowest BCUT2D eigenvalue weighted by Gasteiger charge is -2.22. The molecule has 1 fully saturated rings. The van der Waals surface area contributed by atoms with Crippen molar-refractivity contribution in [1.82, 2.24) is 15.3 Å². The first kappa shape index (κ1) is 13.3. The van der Waals surface area contributed by atoms with Gasteiger partial charge in [0.15, 0.2) is 0 Å². The summed E-state index contributed by atoms with van der Waals surface area (Å²) in [5.74, 6) is 3.81. The van der Waals surface area contributed by atoms with Gasteiger partial charge in [-0.05, 0) is 44.6 Å². The van der Waals surface area contributed by atoms with Crippen molar-refractivity contribution in [3.63, 3.8) is 0 Å². The van der Waals surface area contributed by atoms with Crippen molar-refractivity contribution in [2.24, 2.45) is 11.8 Å². The van der Waals surface area contributed by atoms with Crippen molar-refractivity contribution in [3.8, 4) is 0 Å². The zero-order chi connectivity index (χ0) is 14.2. The van der Waals surface area contributed by atoms with Crippen molar-refractivity contribution in [3.05, 3.63) is 29.2 Å². The van der Waals surface area contributed by atoms with E-state index in [-0.39, 0.29) is 0 Å². The van der Waals surface area contributed by atoms with E-state index in [4.69, 9.17) is 9.97 Å². The minimum Gasteiger partial charge on any atom is -0.356 e. The van der Waals surface area contributed by atoms with Crippen LogP contribution in [0.3, 0.4) is 0 Å². The zero-order valence-electron chi connectivity index (χ0n) is 12.8. The van der Waals surface area contributed by atoms with E-state index in [1.807, 2.05) is 6.92 Å². The normalized spacial score (nSPS) is 28.1. The molecule has 1 aliphatic carbocycles. The van der Waals surface area contributed by atoms with Crippen LogP contribution in [0.1, 0.15) is 29.9 Å². The first-order chi connectivity index (χ1) is 10.3. The highest BCUT2D eigenvalue weighted by atomic mass is 15.2. The number of nitrogens with one attached hydrogen (secondary N) is 1. The lowest BCUT2D eigenvalue weighted by molar-refractivity contribution is 0.411. The quantitative estimate of drug-likeness (QED) is 0.800. The fraction of sp³-hybridized carbons (Fsp3) is 0.647. The third-order valence-electron chi connectivity index (χ3n) is 5.19. The SMILES string of the molecule is Cc1nc2c(c(N3C[C@H]4CC=CC[C@H]4C3)n1)CCNCC2. The fourth-order valence-electron chi connectivity index (χ4n) is 4.10. The first-order valence-electron chi connectivity index (χ1n) is 8.28. The van der Waals surface area contributed by atoms with Crippen LogP contribution in [0.2, 0.25) is 0 Å². The molecule has 0 unspecified atom stereocenters. The molecule has 21 heavy (non-hydrogen) atoms. The second-order valence-corrected chi connectivity index (χ2v) is 6.64. The first-order valence-corrected chi connectivity index (χ1v) is 8.28. The van der Waals surface area contributed by atoms with E-state index in [1.165, 1.54) is 43.0 Å². The summed E-state index contributed by atoms with van der Waals surface area (Å²) in [5.41, 5.74) is 2.67. The highest BCUT2D eigenvalue weighted by Crippen LogP contribution is 2.36. The Balaban J connectivity index is 1.67. The largest absolute Gasteiger partial charge is 0.356 e. The number of aryl methyl sites for hydroxylation is 1. The topological polar surface area (TPSA) is 41.1 Å². The molecule has 4 nitrogen and oxygen atoms in total. The number of fused-ring (bicyclic) bond motifs is 2. The van der Waals surface area contributed by atoms with Gasteiger partial charge in [0, 0.05) is 31.6 Å². The molecule has 0 spiro atoms. The molecule has 1 saturated heterocycles. The van der Waals surface area contributed by atoms with Crippen molar-refractivity contribution in [1.29, 1.82) is 0 Å². The zero-order valence-corrected chi connectivity index (χ0v) is 12.8. The fourth-order valence-corrected chi connectivity index (χ4v) is 4.10. The number of anilines is 1. The Bertz CT molecular complexity index is 550. The second kappa shape index (κ2) is 5.41. The molecule has 0 bridgehead atoms. The van der Waals surface area contributed by atoms with Gasteiger partial charge in [0.2, 0.25) is 0 Å². The Kier molecular flexibility index (Phi) is 3.42. The number of allylic oxidation sites excluding steroid dienone is 2. The Morgan fingerprint density at radius 1 is 1.05 bits per heavy atom. The smallest absolute Gasteiger partial charge is 0.135 e. The minimum atomic E-state index is 0.824. The molecule has 1 N–H and O–H groups in total. The van der Waals surface area contributed by atoms with Crippen LogP contribution in [0, 0.1) is 18.8 Å². The van der Waals surface area contributed by atoms with Crippen LogP contribution in [0.15, 0.2) is 12.2 Å². The molecule has 2 atom stereocenters. The van der Waals surface area contributed by atoms with Gasteiger partial charge in [-0.15, -0.1) is 0 Å². The molecule has 1 aromatic rings. The van der Waals surface area contributed by atoms with Crippen molar-refractivity contribution < 1.29 is 0 Å². The lowest BCUT2D eigenvalue weighted by Crippen LogP contribution is -2.24. The summed E-state index contributed by atoms with van der Waals surface area (Å²) in [4.78, 5) is 12.1. The second-order valence-electron chi connectivity index (χ2n) is 6.64. The predicted molar refractivity (Wildman–Crippen MR) is 84.6 cm³/mol. The van der Waals surface area contributed by atoms with E-state index < -0.39 is 0 Å². The van der Waals surface area contributed by atoms with Gasteiger partial charge in [-0.1, -0.05) is 12.2 Å². The Morgan fingerprint density at radius 2 is 1.76 bits per heavy atom. The average Bonchev–Trinajstić information content (AvgIpc) is 2.78. The van der Waals surface area contributed by atoms with Crippen LogP contribution in [0.5, 0.6) is 0 Å². The maximum atomic E-state index is 4.83. The maximum Gasteiger partial charge on any atom is 0.135 e. The molecule has 4 rings (SSSR count). The van der Waals surface area contributed by atoms with Gasteiger partial charge in [0.25, 0.3) is 0 Å². The third-order valence-corrected chi connectivity index (χ3v) is 5.19. The number of hydrogen-bond acceptors (Lipinski definition) is 4. The van der Waals surface area contributed by atoms with Gasteiger partial charge in [-0.2, -0.15) is 0 Å². The van der Waals surface area contributed by atoms with Gasteiger partial charge in [-0.25, -0.2) is 9.97 Å². The van der Waals surface area contributed by atoms with E-state index >= 15 is 0 Å². The van der Waals surface area contributed by atoms with E-state index in [2.05, 4.69) is 22.4 Å². The molecule has 0 aromatic carbocycles. The summed E-state index contributed by atoms with van der Waals surface area (Å²) in [6.45, 7) is 6.47. The lowest BCUT2D eigenvalue weighted by atomic mass is 9.86. The standard InChI is InChI=1S/C17H24N4/c1-12-19-16-7-9-18-8-6-15(16)17(20-12)21-10-13-4-2-3-5-14(13)11-21/h2-3,13-14,18H,4-11H2,1H3/t13-,14+. The monoisotopic (exact) mass is 284 g/mol. The molecular weight excluding hydrogens is 260 g/mol. The number of aromatic nitrogens is 2. The van der Waals surface area contributed by atoms with E-state index in [0.717, 1.165) is 43.6 Å². The van der Waals surface area contributed by atoms with Gasteiger partial charge in [-0.3, -0.25) is 0 Å². The van der Waals surface area contributed by atoms with Crippen molar-refractivity contribution in [2.75, 3.05) is 31.1 Å². The molecule has 4 heteroatoms. The Labute approximate surface area is 126 Å². The summed E-state index contributed by atoms with van der Waals surface area (Å²) < 4.78 is 0. The van der Waals surface area contributed by atoms with E-state index in [9.17, 15) is 0 Å². The number of hydrogen-bond donors (Lipinski definition) is 1. The molecule has 3 aliphatic rings. The summed E-state index contributed by atoms with van der Waals surface area (Å²) >= 11 is 0. The summed E-state index contributed by atoms with van der Waals surface area (Å²) in [7, 11) is 0. The molecule has 3 heterocycles. The summed E-state index contributed by atoms with van der Waals surface area (Å²) in [6.07, 6.45) is 9.31. The van der Waals surface area contributed by atoms with E-state index in [1.54, 1.807) is 0 Å². The summed E-state index contributed by atoms with van der Waals surface area (Å²) in [6, 6.07) is 0. The van der Waals surface area contributed by atoms with Gasteiger partial charge >= 0.3 is 0 Å². The number of nitrogens with zero attached hydrogens (tertiary/aromatic N) is 3.